The second-order valence-corrected chi connectivity index (χ2v) is 6.99. The molecule has 3 atom stereocenters. The van der Waals surface area contributed by atoms with Crippen molar-refractivity contribution in [1.29, 1.82) is 0 Å². The van der Waals surface area contributed by atoms with Crippen molar-refractivity contribution < 1.29 is 47.5 Å². The molecule has 0 heterocycles. The number of esters is 1. The van der Waals surface area contributed by atoms with Crippen LogP contribution in [0.4, 0.5) is 0 Å². The van der Waals surface area contributed by atoms with E-state index in [-0.39, 0.29) is 24.6 Å². The van der Waals surface area contributed by atoms with E-state index in [1.165, 1.54) is 38.1 Å². The van der Waals surface area contributed by atoms with E-state index in [1.54, 1.807) is 0 Å². The van der Waals surface area contributed by atoms with Crippen LogP contribution in [-0.4, -0.2) is 22.3 Å². The van der Waals surface area contributed by atoms with E-state index in [9.17, 15) is 14.3 Å². The molecule has 0 saturated heterocycles. The molecule has 22 heavy (non-hydrogen) atoms. The number of rotatable bonds is 6. The summed E-state index contributed by atoms with van der Waals surface area (Å²) in [6, 6.07) is 6.02. The number of alkyl halides is 1. The van der Waals surface area contributed by atoms with Crippen LogP contribution in [0.25, 0.3) is 0 Å². The first-order valence-electron chi connectivity index (χ1n) is 5.91. The molecule has 0 aliphatic rings. The first-order valence-corrected chi connectivity index (χ1v) is 8.37. The number of hydrogen-bond donors (Lipinski definition) is 1. The van der Waals surface area contributed by atoms with Crippen LogP contribution in [0, 0.1) is 5.92 Å². The molecule has 118 valence electrons. The standard InChI is InChI=1S/C12H15Cl2O6P.Li/c1-7(2)12(21(16,17)18)20-11(15)10(14)19-9-5-3-8(13)4-6-9;/h3-7,10,12H,1-2H3,(H2,16,17,18);/q;+1/p-1. The van der Waals surface area contributed by atoms with E-state index in [1.807, 2.05) is 0 Å². The Bertz CT molecular complexity index is 533. The Balaban J connectivity index is 0.00000441. The molecule has 0 aliphatic carbocycles. The van der Waals surface area contributed by atoms with Gasteiger partial charge < -0.3 is 23.8 Å². The van der Waals surface area contributed by atoms with Gasteiger partial charge >= 0.3 is 24.8 Å². The van der Waals surface area contributed by atoms with Crippen LogP contribution in [0.15, 0.2) is 24.3 Å². The molecular weight excluding hydrogens is 349 g/mol. The van der Waals surface area contributed by atoms with Crippen LogP contribution >= 0.6 is 30.8 Å². The zero-order chi connectivity index (χ0) is 16.2. The molecule has 1 rings (SSSR count). The van der Waals surface area contributed by atoms with Crippen LogP contribution in [0.5, 0.6) is 5.75 Å². The zero-order valence-corrected chi connectivity index (χ0v) is 14.6. The molecule has 10 heteroatoms. The molecule has 3 unspecified atom stereocenters. The Morgan fingerprint density at radius 2 is 1.82 bits per heavy atom. The molecule has 0 amide bonds. The number of carbonyl (C=O) groups excluding carboxylic acids is 1. The summed E-state index contributed by atoms with van der Waals surface area (Å²) >= 11 is 11.4. The SMILES string of the molecule is CC(C)C(OC(=O)C(Cl)Oc1ccc(Cl)cc1)P(=O)([O-])O.[Li+]. The monoisotopic (exact) mass is 362 g/mol. The van der Waals surface area contributed by atoms with Gasteiger partial charge in [-0.1, -0.05) is 37.0 Å². The quantitative estimate of drug-likeness (QED) is 0.313. The molecule has 1 aromatic rings. The number of ether oxygens (including phenoxy) is 2. The van der Waals surface area contributed by atoms with Crippen molar-refractivity contribution in [3.8, 4) is 5.75 Å². The van der Waals surface area contributed by atoms with E-state index in [4.69, 9.17) is 32.8 Å². The molecule has 0 radical (unpaired) electrons. The summed E-state index contributed by atoms with van der Waals surface area (Å²) in [5.74, 6) is -3.18. The number of halogens is 2. The molecule has 0 aromatic heterocycles. The van der Waals surface area contributed by atoms with Gasteiger partial charge in [-0.3, -0.25) is 0 Å². The number of carbonyl (C=O) groups is 1. The Hall–Kier alpha value is -0.183. The van der Waals surface area contributed by atoms with Crippen molar-refractivity contribution in [3.05, 3.63) is 29.3 Å². The maximum absolute atomic E-state index is 11.7. The third-order valence-corrected chi connectivity index (χ3v) is 4.23. The van der Waals surface area contributed by atoms with Crippen molar-refractivity contribution in [1.82, 2.24) is 0 Å². The van der Waals surface area contributed by atoms with Crippen molar-refractivity contribution >= 4 is 36.8 Å². The van der Waals surface area contributed by atoms with Crippen molar-refractivity contribution in [3.63, 3.8) is 0 Å². The minimum Gasteiger partial charge on any atom is -0.776 e. The summed E-state index contributed by atoms with van der Waals surface area (Å²) in [4.78, 5) is 31.9. The molecule has 0 saturated carbocycles. The predicted octanol–water partition coefficient (Wildman–Crippen LogP) is -0.641. The minimum absolute atomic E-state index is 0. The Kier molecular flexibility index (Phi) is 9.12. The first kappa shape index (κ1) is 21.8. The summed E-state index contributed by atoms with van der Waals surface area (Å²) in [5, 5.41) is 0.475. The van der Waals surface area contributed by atoms with Crippen LogP contribution in [-0.2, 0) is 14.1 Å². The van der Waals surface area contributed by atoms with E-state index in [2.05, 4.69) is 4.74 Å². The summed E-state index contributed by atoms with van der Waals surface area (Å²) in [6.45, 7) is 2.95. The minimum atomic E-state index is -4.84. The van der Waals surface area contributed by atoms with E-state index >= 15 is 0 Å². The fraction of sp³-hybridized carbons (Fsp3) is 0.417. The van der Waals surface area contributed by atoms with E-state index in [0.29, 0.717) is 5.02 Å². The Morgan fingerprint density at radius 1 is 1.32 bits per heavy atom. The molecule has 0 spiro atoms. The molecule has 1 aromatic carbocycles. The Labute approximate surface area is 150 Å². The third-order valence-electron chi connectivity index (χ3n) is 2.37. The van der Waals surface area contributed by atoms with Gasteiger partial charge in [0.15, 0.2) is 13.4 Å². The van der Waals surface area contributed by atoms with Gasteiger partial charge in [-0.15, -0.1) is 0 Å². The van der Waals surface area contributed by atoms with Crippen molar-refractivity contribution in [2.24, 2.45) is 5.92 Å². The van der Waals surface area contributed by atoms with E-state index < -0.39 is 30.9 Å². The van der Waals surface area contributed by atoms with Crippen LogP contribution < -0.4 is 28.5 Å². The van der Waals surface area contributed by atoms with Gasteiger partial charge in [0.25, 0.3) is 5.56 Å². The van der Waals surface area contributed by atoms with Crippen LogP contribution in [0.3, 0.4) is 0 Å². The van der Waals surface area contributed by atoms with Gasteiger partial charge in [-0.2, -0.15) is 0 Å². The Morgan fingerprint density at radius 3 is 2.23 bits per heavy atom. The first-order chi connectivity index (χ1) is 9.61. The summed E-state index contributed by atoms with van der Waals surface area (Å²) in [7, 11) is -4.84. The zero-order valence-electron chi connectivity index (χ0n) is 12.2. The maximum Gasteiger partial charge on any atom is 1.00 e. The molecule has 0 bridgehead atoms. The topological polar surface area (TPSA) is 95.9 Å². The maximum atomic E-state index is 11.7. The summed E-state index contributed by atoms with van der Waals surface area (Å²) in [6.07, 6.45) is 0. The second-order valence-electron chi connectivity index (χ2n) is 4.52. The van der Waals surface area contributed by atoms with Gasteiger partial charge in [0, 0.05) is 5.02 Å². The second kappa shape index (κ2) is 9.20. The number of benzene rings is 1. The van der Waals surface area contributed by atoms with Crippen molar-refractivity contribution in [2.75, 3.05) is 0 Å². The predicted molar refractivity (Wildman–Crippen MR) is 76.3 cm³/mol. The fourth-order valence-corrected chi connectivity index (χ4v) is 2.70. The van der Waals surface area contributed by atoms with Gasteiger partial charge in [-0.25, -0.2) is 4.79 Å². The summed E-state index contributed by atoms with van der Waals surface area (Å²) < 4.78 is 20.9. The smallest absolute Gasteiger partial charge is 0.776 e. The normalized spacial score (nSPS) is 16.1. The fourth-order valence-electron chi connectivity index (χ4n) is 1.43. The van der Waals surface area contributed by atoms with Gasteiger partial charge in [0.05, 0.1) is 0 Å². The molecule has 1 N–H and O–H groups in total. The van der Waals surface area contributed by atoms with E-state index in [0.717, 1.165) is 0 Å². The van der Waals surface area contributed by atoms with Crippen LogP contribution in [0.2, 0.25) is 5.02 Å². The summed E-state index contributed by atoms with van der Waals surface area (Å²) in [5.41, 5.74) is -1.56. The third kappa shape index (κ3) is 6.93. The molecular formula is C12H14Cl2LiO6P. The van der Waals surface area contributed by atoms with Gasteiger partial charge in [0.1, 0.15) is 5.75 Å². The largest absolute Gasteiger partial charge is 1.00 e. The molecule has 0 fully saturated rings. The van der Waals surface area contributed by atoms with Crippen molar-refractivity contribution in [2.45, 2.75) is 25.3 Å². The molecule has 6 nitrogen and oxygen atoms in total. The van der Waals surface area contributed by atoms with Crippen LogP contribution in [0.1, 0.15) is 13.8 Å². The average molecular weight is 363 g/mol. The number of hydrogen-bond acceptors (Lipinski definition) is 5. The average Bonchev–Trinajstić information content (AvgIpc) is 2.36. The molecule has 0 aliphatic heterocycles. The van der Waals surface area contributed by atoms with Gasteiger partial charge in [0.2, 0.25) is 0 Å². The van der Waals surface area contributed by atoms with Gasteiger partial charge in [-0.05, 0) is 30.2 Å².